The Kier molecular flexibility index (Phi) is 4.30. The number of carbonyl (C=O) groups excluding carboxylic acids is 1. The highest BCUT2D eigenvalue weighted by Crippen LogP contribution is 2.10. The van der Waals surface area contributed by atoms with Gasteiger partial charge < -0.3 is 4.90 Å². The maximum atomic E-state index is 12.2. The van der Waals surface area contributed by atoms with E-state index in [1.54, 1.807) is 24.3 Å². The van der Waals surface area contributed by atoms with Gasteiger partial charge in [0.1, 0.15) is 0 Å². The number of aromatic nitrogens is 1. The third-order valence-electron chi connectivity index (χ3n) is 2.61. The smallest absolute Gasteiger partial charge is 0.253 e. The number of carbonyl (C=O) groups is 1. The fourth-order valence-corrected chi connectivity index (χ4v) is 2.01. The monoisotopic (exact) mass is 352 g/mol. The first kappa shape index (κ1) is 13.0. The largest absolute Gasteiger partial charge is 0.337 e. The van der Waals surface area contributed by atoms with E-state index < -0.39 is 0 Å². The van der Waals surface area contributed by atoms with Crippen LogP contribution in [-0.4, -0.2) is 22.8 Å². The van der Waals surface area contributed by atoms with Crippen molar-refractivity contribution in [3.63, 3.8) is 0 Å². The Bertz CT molecular complexity index is 525. The molecular weight excluding hydrogens is 339 g/mol. The van der Waals surface area contributed by atoms with Crippen LogP contribution in [0, 0.1) is 3.57 Å². The van der Waals surface area contributed by atoms with Crippen LogP contribution < -0.4 is 0 Å². The van der Waals surface area contributed by atoms with Crippen molar-refractivity contribution >= 4 is 28.5 Å². The number of hydrogen-bond donors (Lipinski definition) is 0. The molecule has 18 heavy (non-hydrogen) atoms. The van der Waals surface area contributed by atoms with Gasteiger partial charge in [-0.2, -0.15) is 0 Å². The Morgan fingerprint density at radius 3 is 2.39 bits per heavy atom. The molecule has 1 amide bonds. The zero-order chi connectivity index (χ0) is 13.0. The van der Waals surface area contributed by atoms with Crippen molar-refractivity contribution in [3.05, 3.63) is 63.5 Å². The Balaban J connectivity index is 2.07. The molecule has 0 bridgehead atoms. The van der Waals surface area contributed by atoms with Crippen LogP contribution in [0.1, 0.15) is 15.9 Å². The molecule has 0 aliphatic rings. The molecule has 0 N–H and O–H groups in total. The van der Waals surface area contributed by atoms with E-state index in [0.29, 0.717) is 12.1 Å². The van der Waals surface area contributed by atoms with Gasteiger partial charge in [-0.1, -0.05) is 0 Å². The molecule has 0 unspecified atom stereocenters. The minimum absolute atomic E-state index is 0.0308. The number of pyridine rings is 1. The zero-order valence-corrected chi connectivity index (χ0v) is 12.2. The van der Waals surface area contributed by atoms with Gasteiger partial charge >= 0.3 is 0 Å². The van der Waals surface area contributed by atoms with Crippen molar-refractivity contribution < 1.29 is 4.79 Å². The molecule has 0 aliphatic heterocycles. The van der Waals surface area contributed by atoms with Gasteiger partial charge in [0.25, 0.3) is 5.91 Å². The highest BCUT2D eigenvalue weighted by Gasteiger charge is 2.11. The first-order valence-electron chi connectivity index (χ1n) is 5.57. The lowest BCUT2D eigenvalue weighted by Gasteiger charge is -2.17. The van der Waals surface area contributed by atoms with Gasteiger partial charge in [-0.15, -0.1) is 0 Å². The zero-order valence-electron chi connectivity index (χ0n) is 10.0. The second-order valence-electron chi connectivity index (χ2n) is 4.02. The molecule has 0 radical (unpaired) electrons. The summed E-state index contributed by atoms with van der Waals surface area (Å²) in [6.45, 7) is 0.591. The number of benzene rings is 1. The van der Waals surface area contributed by atoms with Crippen LogP contribution in [0.15, 0.2) is 48.8 Å². The normalized spacial score (nSPS) is 10.1. The van der Waals surface area contributed by atoms with Gasteiger partial charge in [-0.05, 0) is 64.6 Å². The van der Waals surface area contributed by atoms with Gasteiger partial charge in [0.05, 0.1) is 0 Å². The standard InChI is InChI=1S/C14H13IN2O/c1-17(10-11-6-8-16-9-7-11)14(18)12-2-4-13(15)5-3-12/h2-9H,10H2,1H3. The Labute approximate surface area is 120 Å². The summed E-state index contributed by atoms with van der Waals surface area (Å²) in [5.74, 6) is 0.0308. The lowest BCUT2D eigenvalue weighted by Crippen LogP contribution is -2.26. The van der Waals surface area contributed by atoms with Gasteiger partial charge in [0.2, 0.25) is 0 Å². The van der Waals surface area contributed by atoms with Gasteiger partial charge in [-0.25, -0.2) is 0 Å². The molecule has 3 nitrogen and oxygen atoms in total. The number of hydrogen-bond acceptors (Lipinski definition) is 2. The first-order valence-corrected chi connectivity index (χ1v) is 6.64. The number of amides is 1. The Morgan fingerprint density at radius 1 is 1.17 bits per heavy atom. The predicted molar refractivity (Wildman–Crippen MR) is 79.2 cm³/mol. The molecule has 1 heterocycles. The maximum absolute atomic E-state index is 12.2. The van der Waals surface area contributed by atoms with Crippen molar-refractivity contribution in [3.8, 4) is 0 Å². The molecule has 4 heteroatoms. The van der Waals surface area contributed by atoms with Crippen LogP contribution in [0.5, 0.6) is 0 Å². The molecule has 0 spiro atoms. The third kappa shape index (κ3) is 3.29. The average molecular weight is 352 g/mol. The molecule has 0 saturated heterocycles. The van der Waals surface area contributed by atoms with Gasteiger partial charge in [0.15, 0.2) is 0 Å². The molecule has 2 rings (SSSR count). The topological polar surface area (TPSA) is 33.2 Å². The third-order valence-corrected chi connectivity index (χ3v) is 3.33. The number of halogens is 1. The van der Waals surface area contributed by atoms with Crippen molar-refractivity contribution in [2.75, 3.05) is 7.05 Å². The summed E-state index contributed by atoms with van der Waals surface area (Å²) < 4.78 is 1.13. The van der Waals surface area contributed by atoms with E-state index in [1.807, 2.05) is 36.4 Å². The van der Waals surface area contributed by atoms with Gasteiger partial charge in [-0.3, -0.25) is 9.78 Å². The van der Waals surface area contributed by atoms with Crippen LogP contribution in [0.25, 0.3) is 0 Å². The Hall–Kier alpha value is -1.43. The molecular formula is C14H13IN2O. The maximum Gasteiger partial charge on any atom is 0.253 e. The lowest BCUT2D eigenvalue weighted by molar-refractivity contribution is 0.0785. The summed E-state index contributed by atoms with van der Waals surface area (Å²) in [5.41, 5.74) is 1.79. The first-order chi connectivity index (χ1) is 8.66. The summed E-state index contributed by atoms with van der Waals surface area (Å²) in [6.07, 6.45) is 3.47. The fourth-order valence-electron chi connectivity index (χ4n) is 1.65. The van der Waals surface area contributed by atoms with E-state index in [4.69, 9.17) is 0 Å². The van der Waals surface area contributed by atoms with Crippen LogP contribution in [-0.2, 0) is 6.54 Å². The summed E-state index contributed by atoms with van der Waals surface area (Å²) in [5, 5.41) is 0. The molecule has 0 fully saturated rings. The second-order valence-corrected chi connectivity index (χ2v) is 5.27. The van der Waals surface area contributed by atoms with Crippen LogP contribution in [0.3, 0.4) is 0 Å². The number of nitrogens with zero attached hydrogens (tertiary/aromatic N) is 2. The van der Waals surface area contributed by atoms with E-state index in [9.17, 15) is 4.79 Å². The minimum atomic E-state index is 0.0308. The van der Waals surface area contributed by atoms with E-state index in [1.165, 1.54) is 0 Å². The van der Waals surface area contributed by atoms with E-state index in [-0.39, 0.29) is 5.91 Å². The van der Waals surface area contributed by atoms with Crippen molar-refractivity contribution in [1.29, 1.82) is 0 Å². The van der Waals surface area contributed by atoms with E-state index in [2.05, 4.69) is 27.6 Å². The molecule has 1 aromatic carbocycles. The molecule has 0 aliphatic carbocycles. The minimum Gasteiger partial charge on any atom is -0.337 e. The molecule has 1 aromatic heterocycles. The lowest BCUT2D eigenvalue weighted by atomic mass is 10.2. The summed E-state index contributed by atoms with van der Waals surface area (Å²) in [4.78, 5) is 17.8. The van der Waals surface area contributed by atoms with E-state index >= 15 is 0 Å². The van der Waals surface area contributed by atoms with Crippen molar-refractivity contribution in [1.82, 2.24) is 9.88 Å². The fraction of sp³-hybridized carbons (Fsp3) is 0.143. The second kappa shape index (κ2) is 5.95. The van der Waals surface area contributed by atoms with Crippen LogP contribution in [0.2, 0.25) is 0 Å². The van der Waals surface area contributed by atoms with Crippen molar-refractivity contribution in [2.45, 2.75) is 6.54 Å². The molecule has 92 valence electrons. The SMILES string of the molecule is CN(Cc1ccncc1)C(=O)c1ccc(I)cc1. The van der Waals surface area contributed by atoms with Crippen LogP contribution in [0.4, 0.5) is 0 Å². The van der Waals surface area contributed by atoms with Crippen LogP contribution >= 0.6 is 22.6 Å². The quantitative estimate of drug-likeness (QED) is 0.796. The predicted octanol–water partition coefficient (Wildman–Crippen LogP) is 2.96. The average Bonchev–Trinajstić information content (AvgIpc) is 2.40. The molecule has 2 aromatic rings. The van der Waals surface area contributed by atoms with Gasteiger partial charge in [0, 0.05) is 35.1 Å². The Morgan fingerprint density at radius 2 is 1.78 bits per heavy atom. The highest BCUT2D eigenvalue weighted by molar-refractivity contribution is 14.1. The number of rotatable bonds is 3. The summed E-state index contributed by atoms with van der Waals surface area (Å²) >= 11 is 2.22. The molecule has 0 atom stereocenters. The summed E-state index contributed by atoms with van der Waals surface area (Å²) in [7, 11) is 1.81. The van der Waals surface area contributed by atoms with E-state index in [0.717, 1.165) is 9.13 Å². The van der Waals surface area contributed by atoms with Crippen molar-refractivity contribution in [2.24, 2.45) is 0 Å². The molecule has 0 saturated carbocycles. The summed E-state index contributed by atoms with van der Waals surface area (Å²) in [6, 6.07) is 11.4. The highest BCUT2D eigenvalue weighted by atomic mass is 127.